The second kappa shape index (κ2) is 6.07. The number of unbranched alkanes of at least 4 members (excludes halogenated alkanes) is 1. The van der Waals surface area contributed by atoms with Crippen molar-refractivity contribution in [3.8, 4) is 0 Å². The first-order valence-electron chi connectivity index (χ1n) is 5.51. The molecule has 0 bridgehead atoms. The zero-order valence-corrected chi connectivity index (χ0v) is 9.17. The zero-order valence-electron chi connectivity index (χ0n) is 9.17. The Morgan fingerprint density at radius 1 is 1.38 bits per heavy atom. The molecule has 0 fully saturated rings. The highest BCUT2D eigenvalue weighted by Gasteiger charge is 1.94. The molecule has 0 unspecified atom stereocenters. The van der Waals surface area contributed by atoms with Crippen molar-refractivity contribution in [2.45, 2.75) is 25.9 Å². The van der Waals surface area contributed by atoms with E-state index in [1.165, 1.54) is 5.56 Å². The van der Waals surface area contributed by atoms with Crippen LogP contribution in [0.4, 0.5) is 0 Å². The third-order valence-corrected chi connectivity index (χ3v) is 2.37. The van der Waals surface area contributed by atoms with Gasteiger partial charge < -0.3 is 9.73 Å². The minimum absolute atomic E-state index is 0.875. The molecule has 0 aliphatic heterocycles. The first-order valence-corrected chi connectivity index (χ1v) is 5.51. The van der Waals surface area contributed by atoms with Crippen LogP contribution in [-0.4, -0.2) is 21.5 Å². The van der Waals surface area contributed by atoms with Gasteiger partial charge in [0.15, 0.2) is 0 Å². The Labute approximate surface area is 94.5 Å². The summed E-state index contributed by atoms with van der Waals surface area (Å²) in [7, 11) is 0. The third-order valence-electron chi connectivity index (χ3n) is 2.37. The summed E-state index contributed by atoms with van der Waals surface area (Å²) < 4.78 is 6.84. The van der Waals surface area contributed by atoms with E-state index in [0.717, 1.165) is 32.5 Å². The van der Waals surface area contributed by atoms with Crippen LogP contribution < -0.4 is 5.32 Å². The first-order chi connectivity index (χ1) is 7.95. The molecule has 0 saturated heterocycles. The fourth-order valence-electron chi connectivity index (χ4n) is 1.50. The van der Waals surface area contributed by atoms with E-state index >= 15 is 0 Å². The minimum Gasteiger partial charge on any atom is -0.472 e. The van der Waals surface area contributed by atoms with E-state index in [2.05, 4.69) is 15.6 Å². The molecule has 1 N–H and O–H groups in total. The summed E-state index contributed by atoms with van der Waals surface area (Å²) in [6, 6.07) is 1.97. The second-order valence-corrected chi connectivity index (χ2v) is 3.68. The van der Waals surface area contributed by atoms with Crippen molar-refractivity contribution in [1.82, 2.24) is 20.3 Å². The minimum atomic E-state index is 0.875. The molecule has 0 aliphatic carbocycles. The fourth-order valence-corrected chi connectivity index (χ4v) is 1.50. The molecule has 86 valence electrons. The molecule has 0 amide bonds. The van der Waals surface area contributed by atoms with Crippen molar-refractivity contribution in [2.75, 3.05) is 6.54 Å². The van der Waals surface area contributed by atoms with Gasteiger partial charge in [-0.3, -0.25) is 4.68 Å². The van der Waals surface area contributed by atoms with Gasteiger partial charge in [-0.1, -0.05) is 5.21 Å². The van der Waals surface area contributed by atoms with Crippen LogP contribution in [0.3, 0.4) is 0 Å². The lowest BCUT2D eigenvalue weighted by molar-refractivity contribution is 0.521. The van der Waals surface area contributed by atoms with Gasteiger partial charge in [0, 0.05) is 24.8 Å². The van der Waals surface area contributed by atoms with Crippen LogP contribution in [-0.2, 0) is 13.1 Å². The number of hydrogen-bond donors (Lipinski definition) is 1. The molecule has 2 aromatic rings. The molecule has 5 nitrogen and oxygen atoms in total. The number of nitrogens with one attached hydrogen (secondary N) is 1. The summed E-state index contributed by atoms with van der Waals surface area (Å²) in [6.45, 7) is 2.83. The SMILES string of the molecule is c1cn(CCCCNCc2ccoc2)nn1. The summed E-state index contributed by atoms with van der Waals surface area (Å²) in [6.07, 6.45) is 9.31. The summed E-state index contributed by atoms with van der Waals surface area (Å²) in [5.41, 5.74) is 1.19. The maximum atomic E-state index is 4.98. The Balaban J connectivity index is 1.49. The molecule has 0 aromatic carbocycles. The monoisotopic (exact) mass is 220 g/mol. The van der Waals surface area contributed by atoms with Crippen LogP contribution in [0.25, 0.3) is 0 Å². The van der Waals surface area contributed by atoms with Crippen LogP contribution in [0.2, 0.25) is 0 Å². The average molecular weight is 220 g/mol. The summed E-state index contributed by atoms with van der Waals surface area (Å²) in [5, 5.41) is 11.0. The van der Waals surface area contributed by atoms with Gasteiger partial charge in [-0.15, -0.1) is 5.10 Å². The molecular formula is C11H16N4O. The van der Waals surface area contributed by atoms with E-state index in [-0.39, 0.29) is 0 Å². The normalized spacial score (nSPS) is 10.8. The second-order valence-electron chi connectivity index (χ2n) is 3.68. The average Bonchev–Trinajstić information content (AvgIpc) is 2.96. The summed E-state index contributed by atoms with van der Waals surface area (Å²) in [5.74, 6) is 0. The van der Waals surface area contributed by atoms with Crippen LogP contribution in [0.15, 0.2) is 35.4 Å². The van der Waals surface area contributed by atoms with Gasteiger partial charge in [0.25, 0.3) is 0 Å². The van der Waals surface area contributed by atoms with Gasteiger partial charge >= 0.3 is 0 Å². The third kappa shape index (κ3) is 3.51. The predicted molar refractivity (Wildman–Crippen MR) is 59.7 cm³/mol. The predicted octanol–water partition coefficient (Wildman–Crippen LogP) is 1.44. The van der Waals surface area contributed by atoms with E-state index in [1.807, 2.05) is 16.9 Å². The summed E-state index contributed by atoms with van der Waals surface area (Å²) >= 11 is 0. The van der Waals surface area contributed by atoms with Gasteiger partial charge in [0.05, 0.1) is 18.7 Å². The molecule has 2 aromatic heterocycles. The van der Waals surface area contributed by atoms with Crippen molar-refractivity contribution >= 4 is 0 Å². The van der Waals surface area contributed by atoms with E-state index in [1.54, 1.807) is 18.7 Å². The molecule has 2 rings (SSSR count). The van der Waals surface area contributed by atoms with Crippen LogP contribution in [0, 0.1) is 0 Å². The standard InChI is InChI=1S/C11H16N4O/c1(2-6-15-7-5-13-14-15)4-12-9-11-3-8-16-10-11/h3,5,7-8,10,12H,1-2,4,6,9H2. The highest BCUT2D eigenvalue weighted by Crippen LogP contribution is 1.99. The Morgan fingerprint density at radius 2 is 2.38 bits per heavy atom. The molecule has 0 saturated carbocycles. The van der Waals surface area contributed by atoms with Crippen molar-refractivity contribution in [3.05, 3.63) is 36.5 Å². The van der Waals surface area contributed by atoms with E-state index in [9.17, 15) is 0 Å². The molecule has 2 heterocycles. The lowest BCUT2D eigenvalue weighted by Gasteiger charge is -2.03. The highest BCUT2D eigenvalue weighted by atomic mass is 16.3. The molecule has 0 atom stereocenters. The number of rotatable bonds is 7. The molecular weight excluding hydrogens is 204 g/mol. The van der Waals surface area contributed by atoms with Gasteiger partial charge in [-0.2, -0.15) is 0 Å². The van der Waals surface area contributed by atoms with Gasteiger partial charge in [0.1, 0.15) is 0 Å². The number of aromatic nitrogens is 3. The zero-order chi connectivity index (χ0) is 11.1. The summed E-state index contributed by atoms with van der Waals surface area (Å²) in [4.78, 5) is 0. The van der Waals surface area contributed by atoms with Crippen molar-refractivity contribution < 1.29 is 4.42 Å². The lowest BCUT2D eigenvalue weighted by atomic mass is 10.3. The molecule has 16 heavy (non-hydrogen) atoms. The van der Waals surface area contributed by atoms with Crippen molar-refractivity contribution in [2.24, 2.45) is 0 Å². The van der Waals surface area contributed by atoms with Crippen LogP contribution in [0.5, 0.6) is 0 Å². The van der Waals surface area contributed by atoms with Crippen molar-refractivity contribution in [3.63, 3.8) is 0 Å². The largest absolute Gasteiger partial charge is 0.472 e. The highest BCUT2D eigenvalue weighted by molar-refractivity contribution is 5.04. The topological polar surface area (TPSA) is 55.9 Å². The van der Waals surface area contributed by atoms with Crippen LogP contribution >= 0.6 is 0 Å². The van der Waals surface area contributed by atoms with E-state index < -0.39 is 0 Å². The fraction of sp³-hybridized carbons (Fsp3) is 0.455. The molecule has 5 heteroatoms. The van der Waals surface area contributed by atoms with Gasteiger partial charge in [-0.25, -0.2) is 0 Å². The number of furan rings is 1. The van der Waals surface area contributed by atoms with E-state index in [4.69, 9.17) is 4.42 Å². The maximum absolute atomic E-state index is 4.98. The van der Waals surface area contributed by atoms with Gasteiger partial charge in [-0.05, 0) is 25.5 Å². The Bertz CT molecular complexity index is 330. The number of hydrogen-bond acceptors (Lipinski definition) is 4. The maximum Gasteiger partial charge on any atom is 0.0947 e. The molecule has 0 radical (unpaired) electrons. The Kier molecular flexibility index (Phi) is 4.13. The smallest absolute Gasteiger partial charge is 0.0947 e. The Hall–Kier alpha value is -1.62. The van der Waals surface area contributed by atoms with Gasteiger partial charge in [0.2, 0.25) is 0 Å². The quantitative estimate of drug-likeness (QED) is 0.717. The lowest BCUT2D eigenvalue weighted by Crippen LogP contribution is -2.14. The molecule has 0 spiro atoms. The number of aryl methyl sites for hydroxylation is 1. The number of nitrogens with zero attached hydrogens (tertiary/aromatic N) is 3. The van der Waals surface area contributed by atoms with E-state index in [0.29, 0.717) is 0 Å². The first kappa shape index (κ1) is 10.9. The van der Waals surface area contributed by atoms with Crippen molar-refractivity contribution in [1.29, 1.82) is 0 Å². The molecule has 0 aliphatic rings. The Morgan fingerprint density at radius 3 is 3.12 bits per heavy atom. The van der Waals surface area contributed by atoms with Crippen LogP contribution in [0.1, 0.15) is 18.4 Å².